The Kier molecular flexibility index (Phi) is 4.55. The minimum absolute atomic E-state index is 0.470. The average Bonchev–Trinajstić information content (AvgIpc) is 2.01. The number of hydrogen-bond acceptors (Lipinski definition) is 3. The normalized spacial score (nSPS) is 16.2. The molecule has 0 amide bonds. The van der Waals surface area contributed by atoms with Crippen molar-refractivity contribution in [2.75, 3.05) is 0 Å². The molecule has 0 saturated heterocycles. The van der Waals surface area contributed by atoms with Crippen molar-refractivity contribution >= 4 is 67.8 Å². The smallest absolute Gasteiger partial charge is 0.245 e. The minimum atomic E-state index is -2.93. The summed E-state index contributed by atoms with van der Waals surface area (Å²) in [7, 11) is -2.93. The highest BCUT2D eigenvalue weighted by Crippen LogP contribution is 2.37. The van der Waals surface area contributed by atoms with Gasteiger partial charge in [-0.15, -0.1) is 0 Å². The quantitative estimate of drug-likeness (QED) is 0.679. The Morgan fingerprint density at radius 1 is 1.21 bits per heavy atom. The molecule has 0 aliphatic carbocycles. The van der Waals surface area contributed by atoms with Gasteiger partial charge in [-0.2, -0.15) is 0 Å². The fourth-order valence-electron chi connectivity index (χ4n) is 0.760. The van der Waals surface area contributed by atoms with E-state index in [1.807, 2.05) is 6.07 Å². The summed E-state index contributed by atoms with van der Waals surface area (Å²) in [5.41, 5.74) is 0. The van der Waals surface area contributed by atoms with Gasteiger partial charge in [-0.05, 0) is 59.9 Å². The number of hydrogen-bond donors (Lipinski definition) is 0. The Morgan fingerprint density at radius 3 is 2.14 bits per heavy atom. The van der Waals surface area contributed by atoms with Crippen molar-refractivity contribution in [3.63, 3.8) is 0 Å². The van der Waals surface area contributed by atoms with E-state index in [9.17, 15) is 4.21 Å². The molecule has 0 heterocycles. The second-order valence-corrected chi connectivity index (χ2v) is 11.7. The van der Waals surface area contributed by atoms with Crippen molar-refractivity contribution in [1.82, 2.24) is 0 Å². The van der Waals surface area contributed by atoms with E-state index in [1.165, 1.54) is 0 Å². The predicted octanol–water partition coefficient (Wildman–Crippen LogP) is 3.52. The lowest BCUT2D eigenvalue weighted by Gasteiger charge is -2.15. The van der Waals surface area contributed by atoms with Gasteiger partial charge < -0.3 is 0 Å². The Hall–Kier alpha value is 0.990. The van der Waals surface area contributed by atoms with Crippen LogP contribution >= 0.6 is 47.8 Å². The molecule has 0 N–H and O–H groups in total. The van der Waals surface area contributed by atoms with Crippen LogP contribution in [0.4, 0.5) is 0 Å². The third-order valence-corrected chi connectivity index (χ3v) is 4.46. The number of rotatable bonds is 2. The van der Waals surface area contributed by atoms with Crippen molar-refractivity contribution in [3.05, 3.63) is 30.3 Å². The highest BCUT2D eigenvalue weighted by Gasteiger charge is 2.26. The summed E-state index contributed by atoms with van der Waals surface area (Å²) >= 11 is 14.1. The lowest BCUT2D eigenvalue weighted by Crippen LogP contribution is -2.14. The summed E-state index contributed by atoms with van der Waals surface area (Å²) < 4.78 is 16.0. The van der Waals surface area contributed by atoms with Gasteiger partial charge in [0, 0.05) is 11.2 Å². The van der Waals surface area contributed by atoms with Gasteiger partial charge in [0.1, 0.15) is 0 Å². The summed E-state index contributed by atoms with van der Waals surface area (Å²) in [5, 5.41) is 0. The van der Waals surface area contributed by atoms with E-state index in [2.05, 4.69) is 47.8 Å². The number of alkyl halides is 3. The maximum Gasteiger partial charge on any atom is 0.248 e. The van der Waals surface area contributed by atoms with Crippen LogP contribution in [0.1, 0.15) is 0 Å². The molecule has 7 heteroatoms. The molecule has 0 bridgehead atoms. The zero-order chi connectivity index (χ0) is 10.8. The molecule has 0 aliphatic heterocycles. The SMILES string of the molecule is O=S(=S)(OC(Br)(Br)Br)c1ccccc1. The largest absolute Gasteiger partial charge is 0.248 e. The van der Waals surface area contributed by atoms with E-state index < -0.39 is 11.1 Å². The molecule has 0 spiro atoms. The molecule has 0 radical (unpaired) electrons. The first-order valence-corrected chi connectivity index (χ1v) is 8.17. The Balaban J connectivity index is 2.99. The molecule has 1 atom stereocenters. The van der Waals surface area contributed by atoms with Crippen molar-refractivity contribution in [2.24, 2.45) is 0 Å². The van der Waals surface area contributed by atoms with Gasteiger partial charge in [-0.3, -0.25) is 0 Å². The highest BCUT2D eigenvalue weighted by molar-refractivity contribution is 9.39. The molecule has 1 aromatic carbocycles. The van der Waals surface area contributed by atoms with Crippen LogP contribution in [0.2, 0.25) is 0 Å². The van der Waals surface area contributed by atoms with Crippen molar-refractivity contribution in [1.29, 1.82) is 0 Å². The molecule has 2 nitrogen and oxygen atoms in total. The topological polar surface area (TPSA) is 26.3 Å². The van der Waals surface area contributed by atoms with Crippen LogP contribution in [-0.2, 0) is 24.1 Å². The molecule has 1 rings (SSSR count). The van der Waals surface area contributed by atoms with Crippen LogP contribution in [0.5, 0.6) is 0 Å². The van der Waals surface area contributed by atoms with Crippen LogP contribution in [0.15, 0.2) is 35.2 Å². The molecule has 0 aliphatic rings. The molecule has 14 heavy (non-hydrogen) atoms. The zero-order valence-corrected chi connectivity index (χ0v) is 13.0. The Labute approximate surface area is 113 Å². The van der Waals surface area contributed by atoms with Crippen LogP contribution in [0.25, 0.3) is 0 Å². The van der Waals surface area contributed by atoms with Crippen molar-refractivity contribution in [3.8, 4) is 0 Å². The second-order valence-electron chi connectivity index (χ2n) is 2.30. The maximum absolute atomic E-state index is 11.9. The molecule has 0 saturated carbocycles. The van der Waals surface area contributed by atoms with Gasteiger partial charge >= 0.3 is 0 Å². The van der Waals surface area contributed by atoms with Gasteiger partial charge in [-0.25, -0.2) is 8.39 Å². The summed E-state index contributed by atoms with van der Waals surface area (Å²) in [6, 6.07) is 8.65. The minimum Gasteiger partial charge on any atom is -0.245 e. The van der Waals surface area contributed by atoms with E-state index in [-0.39, 0.29) is 0 Å². The average molecular weight is 425 g/mol. The lowest BCUT2D eigenvalue weighted by atomic mass is 10.4. The summed E-state index contributed by atoms with van der Waals surface area (Å²) in [5.74, 6) is 0. The first-order valence-electron chi connectivity index (χ1n) is 3.39. The maximum atomic E-state index is 11.9. The van der Waals surface area contributed by atoms with Gasteiger partial charge in [0.25, 0.3) is 0 Å². The number of benzene rings is 1. The van der Waals surface area contributed by atoms with Crippen LogP contribution in [0.3, 0.4) is 0 Å². The first-order chi connectivity index (χ1) is 6.31. The highest BCUT2D eigenvalue weighted by atomic mass is 80.0. The fourth-order valence-corrected chi connectivity index (χ4v) is 4.70. The van der Waals surface area contributed by atoms with Crippen LogP contribution in [0, 0.1) is 0 Å². The predicted molar refractivity (Wildman–Crippen MR) is 70.8 cm³/mol. The molecule has 78 valence electrons. The zero-order valence-electron chi connectivity index (χ0n) is 6.65. The summed E-state index contributed by atoms with van der Waals surface area (Å²) in [4.78, 5) is 0.470. The Bertz CT molecular complexity index is 397. The van der Waals surface area contributed by atoms with E-state index in [0.29, 0.717) is 4.90 Å². The van der Waals surface area contributed by atoms with E-state index in [4.69, 9.17) is 15.4 Å². The lowest BCUT2D eigenvalue weighted by molar-refractivity contribution is 0.387. The molecule has 0 fully saturated rings. The first kappa shape index (κ1) is 13.1. The third kappa shape index (κ3) is 4.24. The standard InChI is InChI=1S/C7H5Br3O2S2/c8-7(9,10)12-14(11,13)6-4-2-1-3-5-6/h1-5H. The molecule has 1 aromatic rings. The van der Waals surface area contributed by atoms with Crippen LogP contribution in [-0.4, -0.2) is 6.54 Å². The second kappa shape index (κ2) is 4.88. The van der Waals surface area contributed by atoms with E-state index in [0.717, 1.165) is 0 Å². The van der Waals surface area contributed by atoms with Gasteiger partial charge in [-0.1, -0.05) is 18.2 Å². The number of halogens is 3. The van der Waals surface area contributed by atoms with Gasteiger partial charge in [0.2, 0.25) is 2.33 Å². The van der Waals surface area contributed by atoms with Crippen molar-refractivity contribution in [2.45, 2.75) is 7.22 Å². The fraction of sp³-hybridized carbons (Fsp3) is 0.143. The third-order valence-electron chi connectivity index (χ3n) is 1.24. The van der Waals surface area contributed by atoms with E-state index >= 15 is 0 Å². The summed E-state index contributed by atoms with van der Waals surface area (Å²) in [6.45, 7) is 0. The molecule has 0 aromatic heterocycles. The van der Waals surface area contributed by atoms with Crippen molar-refractivity contribution < 1.29 is 8.39 Å². The monoisotopic (exact) mass is 422 g/mol. The van der Waals surface area contributed by atoms with Gasteiger partial charge in [0.15, 0.2) is 8.77 Å². The summed E-state index contributed by atoms with van der Waals surface area (Å²) in [6.07, 6.45) is 0. The molecular weight excluding hydrogens is 420 g/mol. The van der Waals surface area contributed by atoms with E-state index in [1.54, 1.807) is 24.3 Å². The van der Waals surface area contributed by atoms with Crippen LogP contribution < -0.4 is 0 Å². The molecule has 1 unspecified atom stereocenters. The molecular formula is C7H5Br3O2S2. The Morgan fingerprint density at radius 2 is 1.71 bits per heavy atom. The van der Waals surface area contributed by atoms with Gasteiger partial charge in [0.05, 0.1) is 4.90 Å².